The van der Waals surface area contributed by atoms with Crippen molar-refractivity contribution < 1.29 is 31.5 Å². The molecule has 8 heteroatoms. The molecule has 128 valence electrons. The number of carbonyl (C=O) groups is 1. The maximum Gasteiger partial charge on any atom is 0.346 e. The number of esters is 1. The molecule has 0 saturated carbocycles. The Bertz CT molecular complexity index is 1070. The first-order chi connectivity index (χ1) is 11.8. The summed E-state index contributed by atoms with van der Waals surface area (Å²) in [7, 11) is 0. The largest absolute Gasteiger partial charge is 0.423 e. The lowest BCUT2D eigenvalue weighted by Gasteiger charge is -2.08. The summed E-state index contributed by atoms with van der Waals surface area (Å²) < 4.78 is 62.7. The van der Waals surface area contributed by atoms with Crippen LogP contribution in [-0.2, 0) is 0 Å². The lowest BCUT2D eigenvalue weighted by Crippen LogP contribution is -2.14. The van der Waals surface area contributed by atoms with Gasteiger partial charge in [-0.1, -0.05) is 0 Å². The van der Waals surface area contributed by atoms with E-state index in [2.05, 4.69) is 0 Å². The number of hydrogen-bond acceptors (Lipinski definition) is 4. The van der Waals surface area contributed by atoms with Gasteiger partial charge in [0.2, 0.25) is 0 Å². The van der Waals surface area contributed by atoms with Crippen molar-refractivity contribution in [2.45, 2.75) is 6.92 Å². The molecule has 25 heavy (non-hydrogen) atoms. The van der Waals surface area contributed by atoms with E-state index in [1.165, 1.54) is 24.3 Å². The van der Waals surface area contributed by atoms with E-state index in [1.54, 1.807) is 6.92 Å². The van der Waals surface area contributed by atoms with Crippen LogP contribution in [0.2, 0.25) is 0 Å². The van der Waals surface area contributed by atoms with Crippen molar-refractivity contribution in [2.24, 2.45) is 0 Å². The molecule has 0 bridgehead atoms. The molecule has 1 aromatic heterocycles. The van der Waals surface area contributed by atoms with E-state index < -0.39 is 40.4 Å². The van der Waals surface area contributed by atoms with Crippen LogP contribution in [0.1, 0.15) is 15.9 Å². The van der Waals surface area contributed by atoms with E-state index in [9.17, 15) is 27.2 Å². The fraction of sp³-hybridized carbons (Fsp3) is 0.0588. The summed E-state index contributed by atoms with van der Waals surface area (Å²) in [5, 5.41) is 0.574. The number of halogens is 4. The Hall–Kier alpha value is -3.16. The summed E-state index contributed by atoms with van der Waals surface area (Å²) in [6.45, 7) is 1.67. The van der Waals surface area contributed by atoms with E-state index in [0.717, 1.165) is 0 Å². The molecule has 3 aromatic rings. The van der Waals surface area contributed by atoms with Crippen LogP contribution in [0.5, 0.6) is 5.75 Å². The van der Waals surface area contributed by atoms with Gasteiger partial charge >= 0.3 is 11.6 Å². The number of aryl methyl sites for hydroxylation is 1. The third-order valence-corrected chi connectivity index (χ3v) is 3.46. The average molecular weight is 352 g/mol. The minimum Gasteiger partial charge on any atom is -0.423 e. The van der Waals surface area contributed by atoms with Gasteiger partial charge in [0.15, 0.2) is 23.3 Å². The fourth-order valence-electron chi connectivity index (χ4n) is 2.25. The molecule has 0 saturated heterocycles. The van der Waals surface area contributed by atoms with Gasteiger partial charge in [0.05, 0.1) is 0 Å². The zero-order chi connectivity index (χ0) is 18.3. The molecule has 0 spiro atoms. The van der Waals surface area contributed by atoms with Crippen LogP contribution in [0.4, 0.5) is 17.6 Å². The van der Waals surface area contributed by atoms with Gasteiger partial charge in [-0.25, -0.2) is 27.2 Å². The minimum atomic E-state index is -2.12. The number of ether oxygens (including phenoxy) is 1. The molecule has 0 fully saturated rings. The molecule has 0 atom stereocenters. The van der Waals surface area contributed by atoms with E-state index in [4.69, 9.17) is 9.15 Å². The molecule has 4 nitrogen and oxygen atoms in total. The van der Waals surface area contributed by atoms with Crippen LogP contribution in [0, 0.1) is 30.2 Å². The van der Waals surface area contributed by atoms with Gasteiger partial charge in [-0.3, -0.25) is 0 Å². The first-order valence-electron chi connectivity index (χ1n) is 6.87. The van der Waals surface area contributed by atoms with E-state index in [-0.39, 0.29) is 17.4 Å². The van der Waals surface area contributed by atoms with E-state index in [1.807, 2.05) is 0 Å². The van der Waals surface area contributed by atoms with Crippen LogP contribution < -0.4 is 10.4 Å². The maximum atomic E-state index is 13.6. The number of rotatable bonds is 2. The van der Waals surface area contributed by atoms with Gasteiger partial charge < -0.3 is 9.15 Å². The molecule has 0 aliphatic rings. The van der Waals surface area contributed by atoms with Gasteiger partial charge in [-0.2, -0.15) is 0 Å². The lowest BCUT2D eigenvalue weighted by molar-refractivity contribution is 0.0727. The fourth-order valence-corrected chi connectivity index (χ4v) is 2.25. The smallest absolute Gasteiger partial charge is 0.346 e. The SMILES string of the molecule is Cc1cc(=O)oc2cc(OC(=O)c3cc(F)c(F)c(F)c3F)ccc12. The molecule has 0 unspecified atom stereocenters. The monoisotopic (exact) mass is 352 g/mol. The van der Waals surface area contributed by atoms with Crippen molar-refractivity contribution in [1.82, 2.24) is 0 Å². The Morgan fingerprint density at radius 3 is 2.44 bits per heavy atom. The van der Waals surface area contributed by atoms with Crippen molar-refractivity contribution in [3.63, 3.8) is 0 Å². The minimum absolute atomic E-state index is 0.104. The summed E-state index contributed by atoms with van der Waals surface area (Å²) in [6.07, 6.45) is 0. The second-order valence-corrected chi connectivity index (χ2v) is 5.14. The van der Waals surface area contributed by atoms with Crippen LogP contribution in [-0.4, -0.2) is 5.97 Å². The maximum absolute atomic E-state index is 13.6. The molecular weight excluding hydrogens is 344 g/mol. The Kier molecular flexibility index (Phi) is 4.03. The highest BCUT2D eigenvalue weighted by Gasteiger charge is 2.24. The van der Waals surface area contributed by atoms with Crippen molar-refractivity contribution in [3.05, 3.63) is 75.1 Å². The standard InChI is InChI=1S/C17H8F4O4/c1-7-4-13(22)25-12-5-8(2-3-9(7)12)24-17(23)10-6-11(18)15(20)16(21)14(10)19/h2-6H,1H3. The zero-order valence-electron chi connectivity index (χ0n) is 12.5. The number of fused-ring (bicyclic) bond motifs is 1. The van der Waals surface area contributed by atoms with E-state index in [0.29, 0.717) is 10.9 Å². The van der Waals surface area contributed by atoms with Gasteiger partial charge in [0.25, 0.3) is 0 Å². The Balaban J connectivity index is 1.99. The highest BCUT2D eigenvalue weighted by atomic mass is 19.2. The number of benzene rings is 2. The van der Waals surface area contributed by atoms with Gasteiger partial charge in [-0.05, 0) is 30.7 Å². The number of carbonyl (C=O) groups excluding carboxylic acids is 1. The van der Waals surface area contributed by atoms with Crippen LogP contribution >= 0.6 is 0 Å². The number of hydrogen-bond donors (Lipinski definition) is 0. The normalized spacial score (nSPS) is 10.9. The summed E-state index contributed by atoms with van der Waals surface area (Å²) in [5.74, 6) is -9.34. The lowest BCUT2D eigenvalue weighted by atomic mass is 10.1. The predicted molar refractivity (Wildman–Crippen MR) is 78.5 cm³/mol. The van der Waals surface area contributed by atoms with Gasteiger partial charge in [-0.15, -0.1) is 0 Å². The van der Waals surface area contributed by atoms with Crippen molar-refractivity contribution in [2.75, 3.05) is 0 Å². The molecule has 2 aromatic carbocycles. The Morgan fingerprint density at radius 2 is 1.72 bits per heavy atom. The van der Waals surface area contributed by atoms with Gasteiger partial charge in [0.1, 0.15) is 16.9 Å². The predicted octanol–water partition coefficient (Wildman–Crippen LogP) is 3.88. The molecule has 0 radical (unpaired) electrons. The summed E-state index contributed by atoms with van der Waals surface area (Å²) in [4.78, 5) is 23.3. The van der Waals surface area contributed by atoms with Crippen molar-refractivity contribution in [3.8, 4) is 5.75 Å². The molecule has 0 amide bonds. The first kappa shape index (κ1) is 16.7. The van der Waals surface area contributed by atoms with Gasteiger partial charge in [0, 0.05) is 17.5 Å². The zero-order valence-corrected chi connectivity index (χ0v) is 12.5. The van der Waals surface area contributed by atoms with Crippen molar-refractivity contribution in [1.29, 1.82) is 0 Å². The third kappa shape index (κ3) is 2.98. The Morgan fingerprint density at radius 1 is 1.00 bits per heavy atom. The van der Waals surface area contributed by atoms with Crippen LogP contribution in [0.25, 0.3) is 11.0 Å². The molecule has 0 N–H and O–H groups in total. The van der Waals surface area contributed by atoms with Crippen LogP contribution in [0.3, 0.4) is 0 Å². The Labute approximate surface area is 137 Å². The second kappa shape index (κ2) is 6.04. The molecule has 0 aliphatic heterocycles. The summed E-state index contributed by atoms with van der Waals surface area (Å²) in [5.41, 5.74) is -1.01. The molecule has 0 aliphatic carbocycles. The highest BCUT2D eigenvalue weighted by molar-refractivity contribution is 5.92. The molecule has 3 rings (SSSR count). The quantitative estimate of drug-likeness (QED) is 0.175. The third-order valence-electron chi connectivity index (χ3n) is 3.46. The van der Waals surface area contributed by atoms with E-state index >= 15 is 0 Å². The average Bonchev–Trinajstić information content (AvgIpc) is 2.55. The highest BCUT2D eigenvalue weighted by Crippen LogP contribution is 2.24. The second-order valence-electron chi connectivity index (χ2n) is 5.14. The van der Waals surface area contributed by atoms with Crippen molar-refractivity contribution >= 4 is 16.9 Å². The van der Waals surface area contributed by atoms with Crippen LogP contribution in [0.15, 0.2) is 39.5 Å². The first-order valence-corrected chi connectivity index (χ1v) is 6.87. The summed E-state index contributed by atoms with van der Waals surface area (Å²) in [6, 6.07) is 5.46. The topological polar surface area (TPSA) is 56.5 Å². The molecular formula is C17H8F4O4. The molecule has 1 heterocycles. The summed E-state index contributed by atoms with van der Waals surface area (Å²) >= 11 is 0.